The number of benzene rings is 3. The van der Waals surface area contributed by atoms with Crippen molar-refractivity contribution in [2.24, 2.45) is 0 Å². The lowest BCUT2D eigenvalue weighted by molar-refractivity contribution is -0.133. The van der Waals surface area contributed by atoms with E-state index in [0.29, 0.717) is 11.5 Å². The van der Waals surface area contributed by atoms with Gasteiger partial charge in [-0.3, -0.25) is 20.4 Å². The molecule has 0 aliphatic rings. The van der Waals surface area contributed by atoms with Gasteiger partial charge in [-0.15, -0.1) is 0 Å². The van der Waals surface area contributed by atoms with E-state index in [0.717, 1.165) is 11.1 Å². The molecule has 3 rings (SSSR count). The maximum Gasteiger partial charge on any atom is 0.279 e. The van der Waals surface area contributed by atoms with Gasteiger partial charge in [-0.05, 0) is 42.8 Å². The first-order chi connectivity index (χ1) is 14.5. The van der Waals surface area contributed by atoms with E-state index in [9.17, 15) is 14.0 Å². The molecule has 0 bridgehead atoms. The summed E-state index contributed by atoms with van der Waals surface area (Å²) in [7, 11) is 0. The van der Waals surface area contributed by atoms with E-state index in [1.807, 2.05) is 48.5 Å². The van der Waals surface area contributed by atoms with Gasteiger partial charge in [-0.1, -0.05) is 48.5 Å². The molecule has 7 heteroatoms. The molecule has 0 heterocycles. The van der Waals surface area contributed by atoms with Gasteiger partial charge in [0.1, 0.15) is 17.3 Å². The summed E-state index contributed by atoms with van der Waals surface area (Å²) in [6.45, 7) is 1.23. The molecule has 6 nitrogen and oxygen atoms in total. The van der Waals surface area contributed by atoms with Crippen LogP contribution in [0.15, 0.2) is 78.9 Å². The third-order valence-corrected chi connectivity index (χ3v) is 4.15. The molecule has 3 aromatic rings. The zero-order chi connectivity index (χ0) is 21.3. The number of carbonyl (C=O) groups excluding carboxylic acids is 2. The van der Waals surface area contributed by atoms with Crippen molar-refractivity contribution in [3.05, 3.63) is 84.7 Å². The molecule has 0 unspecified atom stereocenters. The molecule has 0 saturated carbocycles. The highest BCUT2D eigenvalue weighted by Crippen LogP contribution is 2.29. The van der Waals surface area contributed by atoms with Crippen LogP contribution < -0.4 is 20.3 Å². The smallest absolute Gasteiger partial charge is 0.279 e. The lowest BCUT2D eigenvalue weighted by Gasteiger charge is -2.15. The van der Waals surface area contributed by atoms with Gasteiger partial charge in [0.2, 0.25) is 0 Å². The fraction of sp³-hybridized carbons (Fsp3) is 0.130. The maximum absolute atomic E-state index is 12.9. The van der Waals surface area contributed by atoms with Crippen LogP contribution in [-0.2, 0) is 9.59 Å². The monoisotopic (exact) mass is 408 g/mol. The van der Waals surface area contributed by atoms with Crippen molar-refractivity contribution in [1.29, 1.82) is 0 Å². The molecule has 3 aromatic carbocycles. The second-order valence-corrected chi connectivity index (χ2v) is 6.40. The lowest BCUT2D eigenvalue weighted by atomic mass is 10.1. The van der Waals surface area contributed by atoms with E-state index in [1.165, 1.54) is 31.2 Å². The summed E-state index contributed by atoms with van der Waals surface area (Å²) >= 11 is 0. The van der Waals surface area contributed by atoms with Gasteiger partial charge in [-0.25, -0.2) is 4.39 Å². The van der Waals surface area contributed by atoms with Crippen LogP contribution in [-0.4, -0.2) is 24.5 Å². The Morgan fingerprint density at radius 1 is 0.900 bits per heavy atom. The van der Waals surface area contributed by atoms with E-state index >= 15 is 0 Å². The molecule has 0 spiro atoms. The molecular weight excluding hydrogens is 387 g/mol. The highest BCUT2D eigenvalue weighted by Gasteiger charge is 2.16. The fourth-order valence-electron chi connectivity index (χ4n) is 2.63. The Morgan fingerprint density at radius 2 is 1.57 bits per heavy atom. The van der Waals surface area contributed by atoms with E-state index < -0.39 is 23.7 Å². The standard InChI is InChI=1S/C23H21FN2O4/c1-16(30-19-13-11-18(24)12-14-19)23(28)26-25-22(27)15-29-21-10-6-5-9-20(21)17-7-3-2-4-8-17/h2-14,16H,15H2,1H3,(H,25,27)(H,26,28)/t16-/m1/s1. The van der Waals surface area contributed by atoms with Crippen molar-refractivity contribution in [1.82, 2.24) is 10.9 Å². The van der Waals surface area contributed by atoms with Crippen molar-refractivity contribution < 1.29 is 23.5 Å². The zero-order valence-corrected chi connectivity index (χ0v) is 16.3. The number of hydrogen-bond donors (Lipinski definition) is 2. The van der Waals surface area contributed by atoms with Crippen LogP contribution in [0.3, 0.4) is 0 Å². The Bertz CT molecular complexity index is 994. The summed E-state index contributed by atoms with van der Waals surface area (Å²) in [5.74, 6) is -0.595. The summed E-state index contributed by atoms with van der Waals surface area (Å²) in [6, 6.07) is 22.3. The molecule has 0 fully saturated rings. The van der Waals surface area contributed by atoms with Crippen molar-refractivity contribution in [3.8, 4) is 22.6 Å². The molecule has 0 radical (unpaired) electrons. The Morgan fingerprint density at radius 3 is 2.30 bits per heavy atom. The highest BCUT2D eigenvalue weighted by molar-refractivity contribution is 5.85. The van der Waals surface area contributed by atoms with Gasteiger partial charge in [-0.2, -0.15) is 0 Å². The number of hydrogen-bond acceptors (Lipinski definition) is 4. The number of halogens is 1. The van der Waals surface area contributed by atoms with Gasteiger partial charge >= 0.3 is 0 Å². The molecule has 2 amide bonds. The maximum atomic E-state index is 12.9. The molecule has 0 aromatic heterocycles. The van der Waals surface area contributed by atoms with Gasteiger partial charge in [0.25, 0.3) is 11.8 Å². The lowest BCUT2D eigenvalue weighted by Crippen LogP contribution is -2.48. The predicted molar refractivity (Wildman–Crippen MR) is 110 cm³/mol. The minimum Gasteiger partial charge on any atom is -0.483 e. The van der Waals surface area contributed by atoms with E-state index in [4.69, 9.17) is 9.47 Å². The van der Waals surface area contributed by atoms with Crippen LogP contribution in [0.1, 0.15) is 6.92 Å². The van der Waals surface area contributed by atoms with Gasteiger partial charge < -0.3 is 9.47 Å². The Balaban J connectivity index is 1.48. The molecular formula is C23H21FN2O4. The third-order valence-electron chi connectivity index (χ3n) is 4.15. The first kappa shape index (κ1) is 20.9. The van der Waals surface area contributed by atoms with Crippen molar-refractivity contribution in [2.75, 3.05) is 6.61 Å². The molecule has 0 saturated heterocycles. The van der Waals surface area contributed by atoms with Crippen LogP contribution in [0.5, 0.6) is 11.5 Å². The predicted octanol–water partition coefficient (Wildman–Crippen LogP) is 3.49. The fourth-order valence-corrected chi connectivity index (χ4v) is 2.63. The topological polar surface area (TPSA) is 76.7 Å². The SMILES string of the molecule is C[C@@H](Oc1ccc(F)cc1)C(=O)NNC(=O)COc1ccccc1-c1ccccc1. The second kappa shape index (κ2) is 10.1. The summed E-state index contributed by atoms with van der Waals surface area (Å²) in [5, 5.41) is 0. The zero-order valence-electron chi connectivity index (χ0n) is 16.3. The Hall–Kier alpha value is -3.87. The number of hydrazine groups is 1. The van der Waals surface area contributed by atoms with Gasteiger partial charge in [0.15, 0.2) is 12.7 Å². The molecule has 154 valence electrons. The number of amides is 2. The van der Waals surface area contributed by atoms with Gasteiger partial charge in [0, 0.05) is 5.56 Å². The summed E-state index contributed by atoms with van der Waals surface area (Å²) < 4.78 is 23.9. The van der Waals surface area contributed by atoms with Crippen LogP contribution in [0, 0.1) is 5.82 Å². The Kier molecular flexibility index (Phi) is 7.00. The first-order valence-corrected chi connectivity index (χ1v) is 9.31. The van der Waals surface area contributed by atoms with Crippen LogP contribution in [0.2, 0.25) is 0 Å². The second-order valence-electron chi connectivity index (χ2n) is 6.40. The quantitative estimate of drug-likeness (QED) is 0.587. The number of nitrogens with one attached hydrogen (secondary N) is 2. The molecule has 2 N–H and O–H groups in total. The summed E-state index contributed by atoms with van der Waals surface area (Å²) in [5.41, 5.74) is 6.39. The van der Waals surface area contributed by atoms with E-state index in [2.05, 4.69) is 10.9 Å². The van der Waals surface area contributed by atoms with Crippen LogP contribution in [0.25, 0.3) is 11.1 Å². The largest absolute Gasteiger partial charge is 0.483 e. The summed E-state index contributed by atoms with van der Waals surface area (Å²) in [6.07, 6.45) is -0.893. The van der Waals surface area contributed by atoms with E-state index in [-0.39, 0.29) is 6.61 Å². The molecule has 0 aliphatic heterocycles. The van der Waals surface area contributed by atoms with Gasteiger partial charge in [0.05, 0.1) is 0 Å². The van der Waals surface area contributed by atoms with Crippen molar-refractivity contribution in [2.45, 2.75) is 13.0 Å². The first-order valence-electron chi connectivity index (χ1n) is 9.31. The van der Waals surface area contributed by atoms with Crippen LogP contribution in [0.4, 0.5) is 4.39 Å². The highest BCUT2D eigenvalue weighted by atomic mass is 19.1. The summed E-state index contributed by atoms with van der Waals surface area (Å²) in [4.78, 5) is 24.1. The van der Waals surface area contributed by atoms with E-state index in [1.54, 1.807) is 6.07 Å². The molecule has 30 heavy (non-hydrogen) atoms. The van der Waals surface area contributed by atoms with Crippen molar-refractivity contribution in [3.63, 3.8) is 0 Å². The minimum atomic E-state index is -0.893. The Labute approximate surface area is 173 Å². The van der Waals surface area contributed by atoms with Crippen LogP contribution >= 0.6 is 0 Å². The van der Waals surface area contributed by atoms with Crippen molar-refractivity contribution >= 4 is 11.8 Å². The normalized spacial score (nSPS) is 11.3. The average molecular weight is 408 g/mol. The molecule has 0 aliphatic carbocycles. The number of para-hydroxylation sites is 1. The number of rotatable bonds is 7. The minimum absolute atomic E-state index is 0.280. The number of ether oxygens (including phenoxy) is 2. The average Bonchev–Trinajstić information content (AvgIpc) is 2.78. The number of carbonyl (C=O) groups is 2. The molecule has 1 atom stereocenters. The third kappa shape index (κ3) is 5.81.